The van der Waals surface area contributed by atoms with Crippen LogP contribution in [0.25, 0.3) is 11.1 Å². The predicted molar refractivity (Wildman–Crippen MR) is 76.6 cm³/mol. The topological polar surface area (TPSA) is 31.2 Å². The van der Waals surface area contributed by atoms with Gasteiger partial charge in [-0.15, -0.1) is 0 Å². The van der Waals surface area contributed by atoms with Crippen molar-refractivity contribution < 1.29 is 9.53 Å². The van der Waals surface area contributed by atoms with Gasteiger partial charge in [-0.2, -0.15) is 0 Å². The molecule has 0 bridgehead atoms. The van der Waals surface area contributed by atoms with Crippen LogP contribution >= 0.6 is 11.6 Å². The van der Waals surface area contributed by atoms with Crippen LogP contribution in [-0.4, -0.2) is 17.6 Å². The molecule has 100 valence electrons. The number of ether oxygens (including phenoxy) is 1. The lowest BCUT2D eigenvalue weighted by molar-refractivity contribution is 0.0587. The van der Waals surface area contributed by atoms with Gasteiger partial charge in [-0.1, -0.05) is 29.8 Å². The van der Waals surface area contributed by atoms with Gasteiger partial charge in [-0.05, 0) is 26.0 Å². The number of hydrogen-bond donors (Lipinski definition) is 0. The fourth-order valence-corrected chi connectivity index (χ4v) is 2.32. The molecule has 0 saturated heterocycles. The van der Waals surface area contributed by atoms with Crippen molar-refractivity contribution in [2.45, 2.75) is 19.9 Å². The molecular formula is C15H16ClNO2. The fraction of sp³-hybridized carbons (Fsp3) is 0.267. The Labute approximate surface area is 117 Å². The molecule has 0 fully saturated rings. The van der Waals surface area contributed by atoms with Crippen LogP contribution in [-0.2, 0) is 4.74 Å². The Bertz CT molecular complexity index is 602. The lowest BCUT2D eigenvalue weighted by atomic mass is 10.1. The molecular weight excluding hydrogens is 262 g/mol. The minimum Gasteiger partial charge on any atom is -0.464 e. The molecule has 4 heteroatoms. The van der Waals surface area contributed by atoms with Crippen molar-refractivity contribution in [1.29, 1.82) is 0 Å². The van der Waals surface area contributed by atoms with Crippen LogP contribution in [0.15, 0.2) is 36.5 Å². The number of esters is 1. The second-order valence-electron chi connectivity index (χ2n) is 4.55. The van der Waals surface area contributed by atoms with E-state index in [1.165, 1.54) is 7.11 Å². The molecule has 0 atom stereocenters. The Morgan fingerprint density at radius 2 is 1.89 bits per heavy atom. The first kappa shape index (κ1) is 13.7. The zero-order valence-electron chi connectivity index (χ0n) is 11.2. The van der Waals surface area contributed by atoms with Gasteiger partial charge in [0.2, 0.25) is 0 Å². The summed E-state index contributed by atoms with van der Waals surface area (Å²) in [6.45, 7) is 4.03. The lowest BCUT2D eigenvalue weighted by Gasteiger charge is -2.13. The number of halogens is 1. The minimum atomic E-state index is -0.353. The first-order chi connectivity index (χ1) is 9.06. The maximum absolute atomic E-state index is 12.0. The van der Waals surface area contributed by atoms with Crippen LogP contribution in [0.4, 0.5) is 0 Å². The van der Waals surface area contributed by atoms with Crippen molar-refractivity contribution >= 4 is 17.6 Å². The van der Waals surface area contributed by atoms with Crippen molar-refractivity contribution in [3.05, 3.63) is 47.2 Å². The van der Waals surface area contributed by atoms with Gasteiger partial charge in [0.25, 0.3) is 0 Å². The summed E-state index contributed by atoms with van der Waals surface area (Å²) in [6, 6.07) is 9.54. The van der Waals surface area contributed by atoms with E-state index in [0.717, 1.165) is 11.1 Å². The largest absolute Gasteiger partial charge is 0.464 e. The van der Waals surface area contributed by atoms with Crippen LogP contribution in [0.2, 0.25) is 5.02 Å². The summed E-state index contributed by atoms with van der Waals surface area (Å²) in [5.74, 6) is -0.353. The summed E-state index contributed by atoms with van der Waals surface area (Å²) in [6.07, 6.45) is 1.88. The van der Waals surface area contributed by atoms with Gasteiger partial charge in [0.05, 0.1) is 7.11 Å². The first-order valence-corrected chi connectivity index (χ1v) is 6.48. The van der Waals surface area contributed by atoms with Crippen LogP contribution in [0.5, 0.6) is 0 Å². The van der Waals surface area contributed by atoms with Crippen molar-refractivity contribution in [1.82, 2.24) is 4.57 Å². The van der Waals surface area contributed by atoms with Crippen LogP contribution in [0, 0.1) is 0 Å². The molecule has 0 spiro atoms. The zero-order valence-corrected chi connectivity index (χ0v) is 11.9. The van der Waals surface area contributed by atoms with E-state index in [0.29, 0.717) is 10.7 Å². The van der Waals surface area contributed by atoms with E-state index < -0.39 is 0 Å². The van der Waals surface area contributed by atoms with Gasteiger partial charge in [0, 0.05) is 28.4 Å². The number of aromatic nitrogens is 1. The molecule has 1 aromatic carbocycles. The second-order valence-corrected chi connectivity index (χ2v) is 4.96. The molecule has 0 aliphatic rings. The molecule has 2 aromatic rings. The summed E-state index contributed by atoms with van der Waals surface area (Å²) >= 11 is 6.21. The van der Waals surface area contributed by atoms with Gasteiger partial charge in [0.15, 0.2) is 0 Å². The average Bonchev–Trinajstić information content (AvgIpc) is 2.83. The molecule has 0 radical (unpaired) electrons. The molecule has 2 rings (SSSR count). The predicted octanol–water partition coefficient (Wildman–Crippen LogP) is 4.18. The third kappa shape index (κ3) is 2.51. The van der Waals surface area contributed by atoms with E-state index >= 15 is 0 Å². The highest BCUT2D eigenvalue weighted by Crippen LogP contribution is 2.32. The SMILES string of the molecule is COC(=O)c1c(-c2ccccc2Cl)ccn1C(C)C. The minimum absolute atomic E-state index is 0.172. The Hall–Kier alpha value is -1.74. The van der Waals surface area contributed by atoms with Crippen molar-refractivity contribution in [3.8, 4) is 11.1 Å². The Morgan fingerprint density at radius 1 is 1.21 bits per heavy atom. The highest BCUT2D eigenvalue weighted by Gasteiger charge is 2.21. The van der Waals surface area contributed by atoms with E-state index in [4.69, 9.17) is 16.3 Å². The molecule has 0 aliphatic heterocycles. The monoisotopic (exact) mass is 277 g/mol. The zero-order chi connectivity index (χ0) is 14.0. The highest BCUT2D eigenvalue weighted by molar-refractivity contribution is 6.33. The summed E-state index contributed by atoms with van der Waals surface area (Å²) < 4.78 is 6.78. The smallest absolute Gasteiger partial charge is 0.355 e. The highest BCUT2D eigenvalue weighted by atomic mass is 35.5. The van der Waals surface area contributed by atoms with E-state index in [-0.39, 0.29) is 12.0 Å². The van der Waals surface area contributed by atoms with Crippen molar-refractivity contribution in [3.63, 3.8) is 0 Å². The van der Waals surface area contributed by atoms with Crippen LogP contribution in [0.3, 0.4) is 0 Å². The van der Waals surface area contributed by atoms with Gasteiger partial charge >= 0.3 is 5.97 Å². The maximum atomic E-state index is 12.0. The van der Waals surface area contributed by atoms with Crippen molar-refractivity contribution in [2.24, 2.45) is 0 Å². The number of benzene rings is 1. The summed E-state index contributed by atoms with van der Waals surface area (Å²) in [5, 5.41) is 0.620. The summed E-state index contributed by atoms with van der Waals surface area (Å²) in [7, 11) is 1.39. The van der Waals surface area contributed by atoms with Gasteiger partial charge < -0.3 is 9.30 Å². The van der Waals surface area contributed by atoms with Crippen LogP contribution < -0.4 is 0 Å². The fourth-order valence-electron chi connectivity index (χ4n) is 2.09. The number of nitrogens with zero attached hydrogens (tertiary/aromatic N) is 1. The van der Waals surface area contributed by atoms with Gasteiger partial charge in [0.1, 0.15) is 5.69 Å². The second kappa shape index (κ2) is 5.49. The number of rotatable bonds is 3. The molecule has 1 aromatic heterocycles. The van der Waals surface area contributed by atoms with E-state index in [1.54, 1.807) is 0 Å². The summed E-state index contributed by atoms with van der Waals surface area (Å²) in [5.41, 5.74) is 2.17. The Kier molecular flexibility index (Phi) is 3.96. The third-order valence-corrected chi connectivity index (χ3v) is 3.34. The first-order valence-electron chi connectivity index (χ1n) is 6.10. The normalized spacial score (nSPS) is 10.8. The molecule has 0 aliphatic carbocycles. The Balaban J connectivity index is 2.65. The average molecular weight is 278 g/mol. The molecule has 0 unspecified atom stereocenters. The number of carbonyl (C=O) groups excluding carboxylic acids is 1. The molecule has 0 N–H and O–H groups in total. The molecule has 0 amide bonds. The maximum Gasteiger partial charge on any atom is 0.355 e. The van der Waals surface area contributed by atoms with Gasteiger partial charge in [-0.25, -0.2) is 4.79 Å². The van der Waals surface area contributed by atoms with E-state index in [9.17, 15) is 4.79 Å². The third-order valence-electron chi connectivity index (χ3n) is 3.01. The summed E-state index contributed by atoms with van der Waals surface area (Å²) in [4.78, 5) is 12.0. The molecule has 1 heterocycles. The number of hydrogen-bond acceptors (Lipinski definition) is 2. The van der Waals surface area contributed by atoms with E-state index in [1.807, 2.05) is 54.9 Å². The quantitative estimate of drug-likeness (QED) is 0.788. The van der Waals surface area contributed by atoms with Crippen molar-refractivity contribution in [2.75, 3.05) is 7.11 Å². The number of carbonyl (C=O) groups is 1. The standard InChI is InChI=1S/C15H16ClNO2/c1-10(2)17-9-8-12(14(17)15(18)19-3)11-6-4-5-7-13(11)16/h4-10H,1-3H3. The molecule has 0 saturated carbocycles. The lowest BCUT2D eigenvalue weighted by Crippen LogP contribution is -2.12. The number of methoxy groups -OCH3 is 1. The van der Waals surface area contributed by atoms with Gasteiger partial charge in [-0.3, -0.25) is 0 Å². The molecule has 3 nitrogen and oxygen atoms in total. The van der Waals surface area contributed by atoms with Crippen LogP contribution in [0.1, 0.15) is 30.4 Å². The molecule has 19 heavy (non-hydrogen) atoms. The van der Waals surface area contributed by atoms with E-state index in [2.05, 4.69) is 0 Å². The Morgan fingerprint density at radius 3 is 2.47 bits per heavy atom.